The van der Waals surface area contributed by atoms with E-state index in [9.17, 15) is 13.2 Å². The molecule has 0 spiro atoms. The number of benzene rings is 1. The van der Waals surface area contributed by atoms with Crippen molar-refractivity contribution in [3.63, 3.8) is 0 Å². The van der Waals surface area contributed by atoms with Crippen LogP contribution < -0.4 is 5.32 Å². The van der Waals surface area contributed by atoms with E-state index in [1.54, 1.807) is 30.5 Å². The van der Waals surface area contributed by atoms with Gasteiger partial charge < -0.3 is 5.32 Å². The highest BCUT2D eigenvalue weighted by Gasteiger charge is 2.22. The zero-order chi connectivity index (χ0) is 22.8. The van der Waals surface area contributed by atoms with E-state index in [2.05, 4.69) is 20.4 Å². The Hall–Kier alpha value is -2.50. The maximum atomic E-state index is 12.7. The summed E-state index contributed by atoms with van der Waals surface area (Å²) in [5.74, 6) is 0.303. The number of hydrogen-bond acceptors (Lipinski definition) is 7. The highest BCUT2D eigenvalue weighted by molar-refractivity contribution is 7.99. The number of thioether (sulfide) groups is 1. The van der Waals surface area contributed by atoms with E-state index in [1.807, 2.05) is 20.8 Å². The lowest BCUT2D eigenvalue weighted by molar-refractivity contribution is -0.113. The molecule has 0 unspecified atom stereocenters. The molecule has 11 heteroatoms. The molecule has 9 nitrogen and oxygen atoms in total. The average molecular weight is 463 g/mol. The second kappa shape index (κ2) is 9.33. The first-order valence-electron chi connectivity index (χ1n) is 9.90. The van der Waals surface area contributed by atoms with Gasteiger partial charge in [-0.3, -0.25) is 4.79 Å². The molecule has 0 fully saturated rings. The van der Waals surface area contributed by atoms with Gasteiger partial charge in [-0.1, -0.05) is 31.7 Å². The lowest BCUT2D eigenvalue weighted by Gasteiger charge is -2.18. The molecule has 0 aliphatic rings. The molecular formula is C20H26N6O3S2. The van der Waals surface area contributed by atoms with Crippen LogP contribution in [0.1, 0.15) is 30.8 Å². The van der Waals surface area contributed by atoms with Gasteiger partial charge in [-0.2, -0.15) is 9.29 Å². The van der Waals surface area contributed by atoms with Gasteiger partial charge in [0.15, 0.2) is 0 Å². The molecule has 0 atom stereocenters. The summed E-state index contributed by atoms with van der Waals surface area (Å²) in [5, 5.41) is 7.61. The van der Waals surface area contributed by atoms with Crippen LogP contribution in [-0.2, 0) is 14.8 Å². The minimum atomic E-state index is -3.59. The van der Waals surface area contributed by atoms with Gasteiger partial charge >= 0.3 is 0 Å². The van der Waals surface area contributed by atoms with Gasteiger partial charge in [0.05, 0.1) is 10.6 Å². The standard InChI is InChI=1S/C20H26N6O3S2/c1-6-25(7-2)31(28,29)17-10-8-9-16(11-17)22-18(27)12-30-20-23-19-21-14(4)13(3)15(5)26(19)24-20/h8-11H,6-7,12H2,1-5H3,(H,22,27). The molecule has 3 rings (SSSR count). The molecule has 0 radical (unpaired) electrons. The molecule has 2 aromatic heterocycles. The number of carbonyl (C=O) groups excluding carboxylic acids is 1. The Morgan fingerprint density at radius 2 is 1.87 bits per heavy atom. The smallest absolute Gasteiger partial charge is 0.253 e. The number of rotatable bonds is 8. The van der Waals surface area contributed by atoms with Gasteiger partial charge in [-0.15, -0.1) is 5.10 Å². The minimum Gasteiger partial charge on any atom is -0.325 e. The van der Waals surface area contributed by atoms with E-state index in [0.29, 0.717) is 29.7 Å². The summed E-state index contributed by atoms with van der Waals surface area (Å²) in [4.78, 5) is 21.4. The average Bonchev–Trinajstić information content (AvgIpc) is 3.14. The van der Waals surface area contributed by atoms with Crippen molar-refractivity contribution in [3.05, 3.63) is 41.2 Å². The van der Waals surface area contributed by atoms with Crippen molar-refractivity contribution in [2.75, 3.05) is 24.2 Å². The van der Waals surface area contributed by atoms with Crippen LogP contribution in [0.3, 0.4) is 0 Å². The van der Waals surface area contributed by atoms with Crippen LogP contribution in [0.5, 0.6) is 0 Å². The fraction of sp³-hybridized carbons (Fsp3) is 0.400. The van der Waals surface area contributed by atoms with Crippen molar-refractivity contribution >= 4 is 39.2 Å². The Bertz CT molecular complexity index is 1220. The molecular weight excluding hydrogens is 436 g/mol. The Balaban J connectivity index is 1.69. The fourth-order valence-electron chi connectivity index (χ4n) is 3.07. The van der Waals surface area contributed by atoms with Crippen molar-refractivity contribution in [2.45, 2.75) is 44.7 Å². The fourth-order valence-corrected chi connectivity index (χ4v) is 5.19. The Morgan fingerprint density at radius 3 is 2.55 bits per heavy atom. The number of amides is 1. The highest BCUT2D eigenvalue weighted by Crippen LogP contribution is 2.21. The van der Waals surface area contributed by atoms with Gasteiger partial charge in [0, 0.05) is 30.2 Å². The summed E-state index contributed by atoms with van der Waals surface area (Å²) in [6, 6.07) is 6.27. The molecule has 166 valence electrons. The van der Waals surface area contributed by atoms with Crippen LogP contribution in [0.2, 0.25) is 0 Å². The van der Waals surface area contributed by atoms with Crippen molar-refractivity contribution in [1.82, 2.24) is 23.9 Å². The van der Waals surface area contributed by atoms with Crippen LogP contribution in [0, 0.1) is 20.8 Å². The monoisotopic (exact) mass is 462 g/mol. The summed E-state index contributed by atoms with van der Waals surface area (Å²) >= 11 is 1.19. The summed E-state index contributed by atoms with van der Waals surface area (Å²) < 4.78 is 28.4. The van der Waals surface area contributed by atoms with E-state index < -0.39 is 10.0 Å². The number of fused-ring (bicyclic) bond motifs is 1. The van der Waals surface area contributed by atoms with Gasteiger partial charge in [0.2, 0.25) is 21.1 Å². The second-order valence-corrected chi connectivity index (χ2v) is 9.85. The van der Waals surface area contributed by atoms with Crippen LogP contribution >= 0.6 is 11.8 Å². The van der Waals surface area contributed by atoms with Crippen molar-refractivity contribution in [3.8, 4) is 0 Å². The molecule has 0 bridgehead atoms. The number of aromatic nitrogens is 4. The number of nitrogens with zero attached hydrogens (tertiary/aromatic N) is 5. The maximum absolute atomic E-state index is 12.7. The summed E-state index contributed by atoms with van der Waals surface area (Å²) in [6.07, 6.45) is 0. The lowest BCUT2D eigenvalue weighted by Crippen LogP contribution is -2.30. The van der Waals surface area contributed by atoms with E-state index in [0.717, 1.165) is 17.0 Å². The molecule has 1 aromatic carbocycles. The molecule has 2 heterocycles. The molecule has 3 aromatic rings. The van der Waals surface area contributed by atoms with Crippen molar-refractivity contribution < 1.29 is 13.2 Å². The minimum absolute atomic E-state index is 0.0842. The number of anilines is 1. The first-order valence-corrected chi connectivity index (χ1v) is 12.3. The van der Waals surface area contributed by atoms with E-state index >= 15 is 0 Å². The topological polar surface area (TPSA) is 110 Å². The van der Waals surface area contributed by atoms with E-state index in [-0.39, 0.29) is 16.6 Å². The molecule has 31 heavy (non-hydrogen) atoms. The molecule has 0 aliphatic carbocycles. The van der Waals surface area contributed by atoms with Crippen LogP contribution in [0.15, 0.2) is 34.3 Å². The first kappa shape index (κ1) is 23.2. The highest BCUT2D eigenvalue weighted by atomic mass is 32.2. The number of aryl methyl sites for hydroxylation is 2. The number of nitrogens with one attached hydrogen (secondary N) is 1. The molecule has 0 aliphatic heterocycles. The third-order valence-electron chi connectivity index (χ3n) is 5.03. The number of sulfonamides is 1. The molecule has 1 amide bonds. The van der Waals surface area contributed by atoms with E-state index in [4.69, 9.17) is 0 Å². The van der Waals surface area contributed by atoms with Crippen molar-refractivity contribution in [1.29, 1.82) is 0 Å². The van der Waals surface area contributed by atoms with Gasteiger partial charge in [0.25, 0.3) is 5.78 Å². The van der Waals surface area contributed by atoms with Gasteiger partial charge in [-0.25, -0.2) is 17.9 Å². The van der Waals surface area contributed by atoms with Crippen LogP contribution in [0.4, 0.5) is 5.69 Å². The van der Waals surface area contributed by atoms with Crippen LogP contribution in [0.25, 0.3) is 5.78 Å². The maximum Gasteiger partial charge on any atom is 0.253 e. The summed E-state index contributed by atoms with van der Waals surface area (Å²) in [7, 11) is -3.59. The summed E-state index contributed by atoms with van der Waals surface area (Å²) in [6.45, 7) is 10.2. The normalized spacial score (nSPS) is 11.9. The van der Waals surface area contributed by atoms with Crippen molar-refractivity contribution in [2.24, 2.45) is 0 Å². The SMILES string of the molecule is CCN(CC)S(=O)(=O)c1cccc(NC(=O)CSc2nc3nc(C)c(C)c(C)n3n2)c1. The third kappa shape index (κ3) is 4.89. The number of carbonyl (C=O) groups is 1. The van der Waals surface area contributed by atoms with E-state index in [1.165, 1.54) is 28.2 Å². The second-order valence-electron chi connectivity index (χ2n) is 6.97. The third-order valence-corrected chi connectivity index (χ3v) is 7.92. The zero-order valence-electron chi connectivity index (χ0n) is 18.2. The van der Waals surface area contributed by atoms with Gasteiger partial charge in [-0.05, 0) is 44.5 Å². The van der Waals surface area contributed by atoms with Gasteiger partial charge in [0.1, 0.15) is 0 Å². The molecule has 0 saturated heterocycles. The largest absolute Gasteiger partial charge is 0.325 e. The lowest BCUT2D eigenvalue weighted by atomic mass is 10.2. The quantitative estimate of drug-likeness (QED) is 0.513. The number of hydrogen-bond donors (Lipinski definition) is 1. The van der Waals surface area contributed by atoms with Crippen LogP contribution in [-0.4, -0.2) is 57.1 Å². The zero-order valence-corrected chi connectivity index (χ0v) is 19.8. The molecule has 1 N–H and O–H groups in total. The predicted molar refractivity (Wildman–Crippen MR) is 121 cm³/mol. The molecule has 0 saturated carbocycles. The predicted octanol–water partition coefficient (Wildman–Crippen LogP) is 2.81. The Morgan fingerprint density at radius 1 is 1.16 bits per heavy atom. The Kier molecular flexibility index (Phi) is 6.97. The Labute approximate surface area is 186 Å². The first-order chi connectivity index (χ1) is 14.7. The summed E-state index contributed by atoms with van der Waals surface area (Å²) in [5.41, 5.74) is 3.32.